The number of benzene rings is 3. The summed E-state index contributed by atoms with van der Waals surface area (Å²) in [5.41, 5.74) is 4.25. The highest BCUT2D eigenvalue weighted by atomic mass is 32.2. The topological polar surface area (TPSA) is 112 Å². The number of unbranched alkanes of at least 4 members (excludes halogenated alkanes) is 2. The van der Waals surface area contributed by atoms with Crippen LogP contribution in [0.1, 0.15) is 56.5 Å². The smallest absolute Gasteiger partial charge is 0.421 e. The lowest BCUT2D eigenvalue weighted by atomic mass is 10.0. The molecule has 2 aromatic heterocycles. The summed E-state index contributed by atoms with van der Waals surface area (Å²) in [5.74, 6) is 0.860. The maximum Gasteiger partial charge on any atom is 0.421 e. The van der Waals surface area contributed by atoms with Crippen LogP contribution in [0.3, 0.4) is 0 Å². The lowest BCUT2D eigenvalue weighted by molar-refractivity contribution is 0.151. The van der Waals surface area contributed by atoms with Crippen molar-refractivity contribution in [1.82, 2.24) is 18.8 Å². The minimum atomic E-state index is -4.17. The van der Waals surface area contributed by atoms with Gasteiger partial charge in [-0.15, -0.1) is 0 Å². The van der Waals surface area contributed by atoms with Gasteiger partial charge in [0.15, 0.2) is 0 Å². The Kier molecular flexibility index (Phi) is 10.1. The summed E-state index contributed by atoms with van der Waals surface area (Å²) in [4.78, 5) is 30.7. The Hall–Kier alpha value is -4.70. The maximum absolute atomic E-state index is 13.8. The Balaban J connectivity index is 1.44. The molecule has 9 nitrogen and oxygen atoms in total. The number of nitrogens with one attached hydrogen (secondary N) is 1. The third-order valence-corrected chi connectivity index (χ3v) is 9.00. The number of hydrogen-bond donors (Lipinski definition) is 1. The van der Waals surface area contributed by atoms with E-state index in [4.69, 9.17) is 9.72 Å². The van der Waals surface area contributed by atoms with Crippen molar-refractivity contribution < 1.29 is 17.9 Å². The van der Waals surface area contributed by atoms with Crippen molar-refractivity contribution >= 4 is 27.1 Å². The van der Waals surface area contributed by atoms with Crippen LogP contribution in [0.4, 0.5) is 4.79 Å². The van der Waals surface area contributed by atoms with Gasteiger partial charge < -0.3 is 13.9 Å². The molecular formula is C35H38N4O5S. The van der Waals surface area contributed by atoms with E-state index >= 15 is 0 Å². The van der Waals surface area contributed by atoms with Crippen LogP contribution in [-0.4, -0.2) is 35.2 Å². The first-order valence-electron chi connectivity index (χ1n) is 15.3. The largest absolute Gasteiger partial charge is 0.449 e. The van der Waals surface area contributed by atoms with Crippen LogP contribution in [0.25, 0.3) is 22.2 Å². The van der Waals surface area contributed by atoms with Crippen molar-refractivity contribution in [2.24, 2.45) is 0 Å². The summed E-state index contributed by atoms with van der Waals surface area (Å²) in [6.07, 6.45) is 4.98. The van der Waals surface area contributed by atoms with E-state index in [1.807, 2.05) is 76.9 Å². The van der Waals surface area contributed by atoms with E-state index in [0.29, 0.717) is 41.7 Å². The highest BCUT2D eigenvalue weighted by molar-refractivity contribution is 7.90. The minimum Gasteiger partial charge on any atom is -0.449 e. The number of ether oxygens (including phenoxy) is 1. The molecule has 5 rings (SSSR count). The number of rotatable bonds is 13. The molecule has 1 amide bonds. The third kappa shape index (κ3) is 7.51. The molecule has 0 unspecified atom stereocenters. The average molecular weight is 627 g/mol. The third-order valence-electron chi connectivity index (χ3n) is 7.63. The molecule has 0 aliphatic heterocycles. The quantitative estimate of drug-likeness (QED) is 0.149. The molecule has 0 aliphatic carbocycles. The van der Waals surface area contributed by atoms with Crippen molar-refractivity contribution in [1.29, 1.82) is 0 Å². The zero-order chi connectivity index (χ0) is 31.8. The molecule has 0 atom stereocenters. The number of pyridine rings is 1. The highest BCUT2D eigenvalue weighted by Crippen LogP contribution is 2.28. The summed E-state index contributed by atoms with van der Waals surface area (Å²) in [5, 5.41) is 0. The number of sulfonamides is 1. The number of carbonyl (C=O) groups excluding carboxylic acids is 1. The predicted octanol–water partition coefficient (Wildman–Crippen LogP) is 6.52. The molecule has 0 bridgehead atoms. The first-order valence-corrected chi connectivity index (χ1v) is 16.8. The SMILES string of the molecule is CCCCOC(=O)NS(=O)(=O)c1ccccc1-c1ccc(Cn2c(CCCC)nc3ccn(Cc4ccccc4)c(=O)c32)cc1. The molecule has 0 aliphatic rings. The van der Waals surface area contributed by atoms with Gasteiger partial charge in [-0.1, -0.05) is 99.5 Å². The van der Waals surface area contributed by atoms with Crippen molar-refractivity contribution in [3.05, 3.63) is 118 Å². The molecule has 3 aromatic carbocycles. The van der Waals surface area contributed by atoms with Gasteiger partial charge in [0.2, 0.25) is 0 Å². The summed E-state index contributed by atoms with van der Waals surface area (Å²) < 4.78 is 37.0. The monoisotopic (exact) mass is 626 g/mol. The van der Waals surface area contributed by atoms with Gasteiger partial charge >= 0.3 is 6.09 Å². The van der Waals surface area contributed by atoms with Crippen molar-refractivity contribution in [3.8, 4) is 11.1 Å². The number of fused-ring (bicyclic) bond motifs is 1. The van der Waals surface area contributed by atoms with E-state index in [1.54, 1.807) is 29.0 Å². The summed E-state index contributed by atoms with van der Waals surface area (Å²) in [7, 11) is -4.17. The van der Waals surface area contributed by atoms with E-state index in [2.05, 4.69) is 6.92 Å². The van der Waals surface area contributed by atoms with Crippen LogP contribution in [0.2, 0.25) is 0 Å². The molecule has 0 saturated heterocycles. The Morgan fingerprint density at radius 2 is 1.53 bits per heavy atom. The highest BCUT2D eigenvalue weighted by Gasteiger charge is 2.23. The molecule has 5 aromatic rings. The van der Waals surface area contributed by atoms with Crippen LogP contribution < -0.4 is 10.3 Å². The van der Waals surface area contributed by atoms with Crippen LogP contribution in [-0.2, 0) is 34.3 Å². The predicted molar refractivity (Wildman–Crippen MR) is 176 cm³/mol. The second-order valence-corrected chi connectivity index (χ2v) is 12.6. The van der Waals surface area contributed by atoms with Crippen LogP contribution in [0.15, 0.2) is 101 Å². The fourth-order valence-electron chi connectivity index (χ4n) is 5.24. The molecule has 234 valence electrons. The molecule has 0 radical (unpaired) electrons. The van der Waals surface area contributed by atoms with Gasteiger partial charge in [0.05, 0.1) is 23.6 Å². The Morgan fingerprint density at radius 1 is 0.844 bits per heavy atom. The number of imidazole rings is 1. The molecule has 2 heterocycles. The molecule has 10 heteroatoms. The fraction of sp³-hybridized carbons (Fsp3) is 0.286. The first-order chi connectivity index (χ1) is 21.8. The van der Waals surface area contributed by atoms with Gasteiger partial charge in [-0.05, 0) is 41.7 Å². The number of hydrogen-bond acceptors (Lipinski definition) is 6. The maximum atomic E-state index is 13.8. The zero-order valence-corrected chi connectivity index (χ0v) is 26.4. The number of nitrogens with zero attached hydrogens (tertiary/aromatic N) is 3. The summed E-state index contributed by atoms with van der Waals surface area (Å²) in [6.45, 7) is 5.13. The zero-order valence-electron chi connectivity index (χ0n) is 25.6. The van der Waals surface area contributed by atoms with Gasteiger partial charge in [-0.25, -0.2) is 22.9 Å². The Bertz CT molecular complexity index is 1930. The van der Waals surface area contributed by atoms with E-state index in [0.717, 1.165) is 42.6 Å². The number of carbonyl (C=O) groups is 1. The number of amides is 1. The van der Waals surface area contributed by atoms with Crippen molar-refractivity contribution in [2.45, 2.75) is 63.9 Å². The van der Waals surface area contributed by atoms with Crippen molar-refractivity contribution in [2.75, 3.05) is 6.61 Å². The second-order valence-electron chi connectivity index (χ2n) is 11.0. The fourth-order valence-corrected chi connectivity index (χ4v) is 6.36. The number of aromatic nitrogens is 3. The second kappa shape index (κ2) is 14.4. The van der Waals surface area contributed by atoms with E-state index in [1.165, 1.54) is 6.07 Å². The first kappa shape index (κ1) is 31.7. The van der Waals surface area contributed by atoms with E-state index in [9.17, 15) is 18.0 Å². The average Bonchev–Trinajstić information content (AvgIpc) is 3.39. The van der Waals surface area contributed by atoms with Gasteiger partial charge in [-0.3, -0.25) is 4.79 Å². The lowest BCUT2D eigenvalue weighted by Gasteiger charge is -2.13. The number of aryl methyl sites for hydroxylation is 1. The van der Waals surface area contributed by atoms with E-state index in [-0.39, 0.29) is 17.1 Å². The van der Waals surface area contributed by atoms with Crippen LogP contribution in [0, 0.1) is 0 Å². The normalized spacial score (nSPS) is 11.5. The molecule has 45 heavy (non-hydrogen) atoms. The summed E-state index contributed by atoms with van der Waals surface area (Å²) in [6, 6.07) is 25.8. The molecule has 1 N–H and O–H groups in total. The van der Waals surface area contributed by atoms with Crippen LogP contribution >= 0.6 is 0 Å². The Morgan fingerprint density at radius 3 is 2.27 bits per heavy atom. The van der Waals surface area contributed by atoms with Gasteiger partial charge in [0.25, 0.3) is 15.6 Å². The molecule has 0 saturated carbocycles. The Labute approximate surface area is 263 Å². The van der Waals surface area contributed by atoms with E-state index < -0.39 is 16.1 Å². The lowest BCUT2D eigenvalue weighted by Crippen LogP contribution is -2.31. The van der Waals surface area contributed by atoms with Gasteiger partial charge in [-0.2, -0.15) is 0 Å². The molecular weight excluding hydrogens is 588 g/mol. The van der Waals surface area contributed by atoms with Crippen LogP contribution in [0.5, 0.6) is 0 Å². The minimum absolute atomic E-state index is 0.0217. The van der Waals surface area contributed by atoms with Gasteiger partial charge in [0.1, 0.15) is 11.3 Å². The molecule has 0 fully saturated rings. The molecule has 0 spiro atoms. The van der Waals surface area contributed by atoms with Gasteiger partial charge in [0, 0.05) is 24.7 Å². The van der Waals surface area contributed by atoms with Crippen molar-refractivity contribution in [3.63, 3.8) is 0 Å². The standard InChI is InChI=1S/C35H38N4O5S/c1-3-5-16-32-36-30-21-22-38(24-26-12-8-7-9-13-26)34(40)33(30)39(32)25-27-17-19-28(20-18-27)29-14-10-11-15-31(29)45(42,43)37-35(41)44-23-6-4-2/h7-15,17-22H,3-6,16,23-25H2,1-2H3,(H,37,41). The summed E-state index contributed by atoms with van der Waals surface area (Å²) >= 11 is 0.